The third-order valence-electron chi connectivity index (χ3n) is 4.14. The highest BCUT2D eigenvalue weighted by atomic mass is 32.2. The Morgan fingerprint density at radius 2 is 2.29 bits per heavy atom. The number of carboxylic acids is 1. The van der Waals surface area contributed by atoms with Crippen molar-refractivity contribution in [3.8, 4) is 6.07 Å². The molecule has 2 amide bonds. The number of tetrazole rings is 1. The molecule has 11 nitrogen and oxygen atoms in total. The van der Waals surface area contributed by atoms with Crippen LogP contribution in [0.15, 0.2) is 17.8 Å². The molecule has 3 rings (SSSR count). The monoisotopic (exact) mass is 421 g/mol. The molecule has 0 saturated carbocycles. The van der Waals surface area contributed by atoms with Crippen LogP contribution in [-0.4, -0.2) is 76.7 Å². The zero-order valence-electron chi connectivity index (χ0n) is 14.7. The van der Waals surface area contributed by atoms with Crippen molar-refractivity contribution < 1.29 is 19.5 Å². The summed E-state index contributed by atoms with van der Waals surface area (Å²) in [5.41, 5.74) is 0.504. The fourth-order valence-corrected chi connectivity index (χ4v) is 4.72. The molecule has 0 spiro atoms. The highest BCUT2D eigenvalue weighted by Crippen LogP contribution is 2.43. The number of nitriles is 1. The smallest absolute Gasteiger partial charge is 0.352 e. The largest absolute Gasteiger partial charge is 0.477 e. The van der Waals surface area contributed by atoms with Crippen molar-refractivity contribution in [1.29, 1.82) is 5.26 Å². The Kier molecular flexibility index (Phi) is 5.71. The fraction of sp³-hybridized carbons (Fsp3) is 0.400. The van der Waals surface area contributed by atoms with Gasteiger partial charge in [-0.2, -0.15) is 5.26 Å². The number of allylic oxidation sites excluding steroid dienone is 1. The molecule has 1 aromatic heterocycles. The molecule has 1 saturated heterocycles. The van der Waals surface area contributed by atoms with Gasteiger partial charge in [0.1, 0.15) is 17.1 Å². The van der Waals surface area contributed by atoms with E-state index in [1.165, 1.54) is 16.4 Å². The Morgan fingerprint density at radius 1 is 1.54 bits per heavy atom. The first-order chi connectivity index (χ1) is 13.4. The first kappa shape index (κ1) is 19.9. The third-order valence-corrected chi connectivity index (χ3v) is 6.22. The first-order valence-electron chi connectivity index (χ1n) is 7.94. The second-order valence-corrected chi connectivity index (χ2v) is 7.93. The summed E-state index contributed by atoms with van der Waals surface area (Å²) < 4.78 is 1.37. The van der Waals surface area contributed by atoms with E-state index in [0.717, 1.165) is 16.7 Å². The molecule has 28 heavy (non-hydrogen) atoms. The summed E-state index contributed by atoms with van der Waals surface area (Å²) in [4.78, 5) is 37.5. The standard InChI is InChI=1S/C15H15N7O4S2/c1-7(12-18-19-20-21(12)2)8-5-28-14-10(17-9(23)6-27-4-3-16)13(24)22(14)11(8)15(25)26/h10,14H,1,4-6H2,2H3,(H,17,23)(H,25,26)/t10?,14-/m1/s1. The van der Waals surface area contributed by atoms with Crippen LogP contribution in [-0.2, 0) is 21.4 Å². The molecular formula is C15H15N7O4S2. The summed E-state index contributed by atoms with van der Waals surface area (Å²) in [5, 5.41) is 31.4. The van der Waals surface area contributed by atoms with E-state index in [2.05, 4.69) is 27.4 Å². The van der Waals surface area contributed by atoms with Gasteiger partial charge in [-0.15, -0.1) is 28.6 Å². The number of thioether (sulfide) groups is 2. The van der Waals surface area contributed by atoms with Crippen molar-refractivity contribution in [2.45, 2.75) is 11.4 Å². The Balaban J connectivity index is 1.80. The Bertz CT molecular complexity index is 935. The van der Waals surface area contributed by atoms with Gasteiger partial charge >= 0.3 is 5.97 Å². The number of hydrogen-bond acceptors (Lipinski definition) is 9. The van der Waals surface area contributed by atoms with E-state index in [9.17, 15) is 19.5 Å². The van der Waals surface area contributed by atoms with Crippen molar-refractivity contribution >= 4 is 46.9 Å². The number of rotatable bonds is 7. The number of aryl methyl sites for hydroxylation is 1. The van der Waals surface area contributed by atoms with E-state index in [1.54, 1.807) is 7.05 Å². The predicted molar refractivity (Wildman–Crippen MR) is 100 cm³/mol. The first-order valence-corrected chi connectivity index (χ1v) is 10.1. The van der Waals surface area contributed by atoms with Crippen LogP contribution in [0, 0.1) is 11.3 Å². The maximum Gasteiger partial charge on any atom is 0.352 e. The van der Waals surface area contributed by atoms with Gasteiger partial charge in [-0.1, -0.05) is 6.58 Å². The van der Waals surface area contributed by atoms with Crippen LogP contribution < -0.4 is 5.32 Å². The lowest BCUT2D eigenvalue weighted by Gasteiger charge is -2.49. The molecule has 1 aromatic rings. The van der Waals surface area contributed by atoms with Crippen molar-refractivity contribution in [3.63, 3.8) is 0 Å². The number of nitrogens with zero attached hydrogens (tertiary/aromatic N) is 6. The zero-order valence-corrected chi connectivity index (χ0v) is 16.3. The molecule has 1 fully saturated rings. The number of fused-ring (bicyclic) bond motifs is 1. The number of aliphatic carboxylic acids is 1. The fourth-order valence-electron chi connectivity index (χ4n) is 2.87. The SMILES string of the molecule is C=C(C1=C(C(=O)O)N2C(=O)C(NC(=O)CSCC#N)[C@H]2SC1)c1nnnn1C. The molecule has 2 atom stereocenters. The third kappa shape index (κ3) is 3.48. The highest BCUT2D eigenvalue weighted by Gasteiger charge is 2.54. The van der Waals surface area contributed by atoms with E-state index < -0.39 is 23.3 Å². The van der Waals surface area contributed by atoms with Crippen molar-refractivity contribution in [2.24, 2.45) is 7.05 Å². The van der Waals surface area contributed by atoms with Crippen LogP contribution in [0.3, 0.4) is 0 Å². The number of nitrogens with one attached hydrogen (secondary N) is 1. The number of β-lactam (4-membered cyclic amide) rings is 1. The molecular weight excluding hydrogens is 406 g/mol. The quantitative estimate of drug-likeness (QED) is 0.423. The van der Waals surface area contributed by atoms with E-state index >= 15 is 0 Å². The average Bonchev–Trinajstić information content (AvgIpc) is 3.10. The Morgan fingerprint density at radius 3 is 2.89 bits per heavy atom. The average molecular weight is 421 g/mol. The minimum atomic E-state index is -1.26. The highest BCUT2D eigenvalue weighted by molar-refractivity contribution is 8.00. The molecule has 3 heterocycles. The van der Waals surface area contributed by atoms with E-state index in [0.29, 0.717) is 17.0 Å². The molecule has 2 N–H and O–H groups in total. The van der Waals surface area contributed by atoms with Gasteiger partial charge in [0.25, 0.3) is 5.91 Å². The second kappa shape index (κ2) is 8.03. The second-order valence-electron chi connectivity index (χ2n) is 5.84. The minimum absolute atomic E-state index is 0.0531. The predicted octanol–water partition coefficient (Wildman–Crippen LogP) is -0.781. The number of amides is 2. The van der Waals surface area contributed by atoms with Gasteiger partial charge in [-0.25, -0.2) is 9.48 Å². The van der Waals surface area contributed by atoms with Crippen LogP contribution in [0.1, 0.15) is 5.82 Å². The number of hydrogen-bond donors (Lipinski definition) is 2. The van der Waals surface area contributed by atoms with Gasteiger partial charge in [0.15, 0.2) is 5.82 Å². The van der Waals surface area contributed by atoms with Gasteiger partial charge in [-0.3, -0.25) is 14.5 Å². The molecule has 146 valence electrons. The summed E-state index contributed by atoms with van der Waals surface area (Å²) in [7, 11) is 1.60. The molecule has 2 aliphatic rings. The van der Waals surface area contributed by atoms with Crippen LogP contribution in [0.25, 0.3) is 5.57 Å². The van der Waals surface area contributed by atoms with Gasteiger partial charge in [0.2, 0.25) is 5.91 Å². The van der Waals surface area contributed by atoms with E-state index in [-0.39, 0.29) is 28.9 Å². The maximum atomic E-state index is 12.6. The summed E-state index contributed by atoms with van der Waals surface area (Å²) in [6, 6.07) is 1.11. The van der Waals surface area contributed by atoms with Gasteiger partial charge in [0.05, 0.1) is 17.6 Å². The molecule has 0 aromatic carbocycles. The molecule has 13 heteroatoms. The van der Waals surface area contributed by atoms with Crippen LogP contribution in [0.4, 0.5) is 0 Å². The Hall–Kier alpha value is -2.85. The molecule has 0 bridgehead atoms. The number of carbonyl (C=O) groups is 3. The van der Waals surface area contributed by atoms with Gasteiger partial charge in [-0.05, 0) is 10.4 Å². The van der Waals surface area contributed by atoms with Crippen LogP contribution >= 0.6 is 23.5 Å². The van der Waals surface area contributed by atoms with Crippen LogP contribution in [0.5, 0.6) is 0 Å². The number of carbonyl (C=O) groups excluding carboxylic acids is 2. The summed E-state index contributed by atoms with van der Waals surface area (Å²) >= 11 is 2.46. The zero-order chi connectivity index (χ0) is 20.4. The van der Waals surface area contributed by atoms with Crippen molar-refractivity contribution in [3.05, 3.63) is 23.7 Å². The molecule has 0 radical (unpaired) electrons. The van der Waals surface area contributed by atoms with E-state index in [1.807, 2.05) is 6.07 Å². The lowest BCUT2D eigenvalue weighted by atomic mass is 9.99. The van der Waals surface area contributed by atoms with Crippen molar-refractivity contribution in [2.75, 3.05) is 17.3 Å². The summed E-state index contributed by atoms with van der Waals surface area (Å²) in [6.07, 6.45) is 0. The van der Waals surface area contributed by atoms with Gasteiger partial charge in [0, 0.05) is 23.9 Å². The molecule has 0 aliphatic carbocycles. The normalized spacial score (nSPS) is 20.9. The topological polar surface area (TPSA) is 154 Å². The van der Waals surface area contributed by atoms with Crippen molar-refractivity contribution in [1.82, 2.24) is 30.4 Å². The molecule has 2 aliphatic heterocycles. The van der Waals surface area contributed by atoms with E-state index in [4.69, 9.17) is 5.26 Å². The minimum Gasteiger partial charge on any atom is -0.477 e. The number of carboxylic acid groups (broad SMARTS) is 1. The lowest BCUT2D eigenvalue weighted by molar-refractivity contribution is -0.150. The lowest BCUT2D eigenvalue weighted by Crippen LogP contribution is -2.70. The Labute approximate surface area is 167 Å². The number of aromatic nitrogens is 4. The maximum absolute atomic E-state index is 12.6. The summed E-state index contributed by atoms with van der Waals surface area (Å²) in [6.45, 7) is 3.90. The summed E-state index contributed by atoms with van der Waals surface area (Å²) in [5.74, 6) is -1.34. The molecule has 1 unspecified atom stereocenters. The van der Waals surface area contributed by atoms with Gasteiger partial charge < -0.3 is 10.4 Å². The van der Waals surface area contributed by atoms with Crippen LogP contribution in [0.2, 0.25) is 0 Å².